The third-order valence-corrected chi connectivity index (χ3v) is 5.68. The SMILES string of the molecule is CCOC(=O)[C@@]1(CC)[NH2+][C@@H](c2ccccc2F)[C@H]2C(=O)N(CC)C(=O)[C@@H]21. The highest BCUT2D eigenvalue weighted by atomic mass is 19.1. The molecule has 4 atom stereocenters. The van der Waals surface area contributed by atoms with Crippen LogP contribution in [0.15, 0.2) is 24.3 Å². The summed E-state index contributed by atoms with van der Waals surface area (Å²) in [6.07, 6.45) is 0.314. The number of imide groups is 1. The molecule has 2 saturated heterocycles. The van der Waals surface area contributed by atoms with Crippen molar-refractivity contribution in [3.8, 4) is 0 Å². The molecule has 2 aliphatic rings. The Bertz CT molecular complexity index is 753. The molecule has 1 aromatic carbocycles. The molecular formula is C19H24FN2O4+. The van der Waals surface area contributed by atoms with E-state index < -0.39 is 35.2 Å². The van der Waals surface area contributed by atoms with E-state index in [0.717, 1.165) is 0 Å². The van der Waals surface area contributed by atoms with Gasteiger partial charge in [0, 0.05) is 18.5 Å². The molecule has 2 aliphatic heterocycles. The van der Waals surface area contributed by atoms with Crippen LogP contribution in [0, 0.1) is 17.7 Å². The first kappa shape index (κ1) is 18.5. The van der Waals surface area contributed by atoms with Crippen LogP contribution in [0.3, 0.4) is 0 Å². The monoisotopic (exact) mass is 363 g/mol. The van der Waals surface area contributed by atoms with Crippen molar-refractivity contribution in [1.29, 1.82) is 0 Å². The zero-order valence-corrected chi connectivity index (χ0v) is 15.2. The summed E-state index contributed by atoms with van der Waals surface area (Å²) in [5.74, 6) is -3.29. The Morgan fingerprint density at radius 2 is 1.92 bits per heavy atom. The highest BCUT2D eigenvalue weighted by molar-refractivity contribution is 6.08. The molecule has 140 valence electrons. The molecule has 26 heavy (non-hydrogen) atoms. The second-order valence-corrected chi connectivity index (χ2v) is 6.75. The van der Waals surface area contributed by atoms with E-state index in [1.165, 1.54) is 11.0 Å². The molecule has 1 aromatic rings. The number of benzene rings is 1. The number of hydrogen-bond acceptors (Lipinski definition) is 4. The molecule has 6 nitrogen and oxygen atoms in total. The summed E-state index contributed by atoms with van der Waals surface area (Å²) in [5.41, 5.74) is -0.883. The van der Waals surface area contributed by atoms with Gasteiger partial charge in [-0.15, -0.1) is 0 Å². The average Bonchev–Trinajstić information content (AvgIpc) is 3.10. The normalized spacial score (nSPS) is 30.6. The van der Waals surface area contributed by atoms with Gasteiger partial charge in [0.1, 0.15) is 23.7 Å². The van der Waals surface area contributed by atoms with E-state index in [-0.39, 0.29) is 25.0 Å². The van der Waals surface area contributed by atoms with Crippen LogP contribution in [-0.4, -0.2) is 41.4 Å². The molecule has 0 saturated carbocycles. The first-order chi connectivity index (χ1) is 12.4. The number of nitrogens with zero attached hydrogens (tertiary/aromatic N) is 1. The highest BCUT2D eigenvalue weighted by Crippen LogP contribution is 2.46. The maximum Gasteiger partial charge on any atom is 0.368 e. The van der Waals surface area contributed by atoms with Gasteiger partial charge in [0.25, 0.3) is 0 Å². The maximum atomic E-state index is 14.5. The molecule has 2 N–H and O–H groups in total. The number of rotatable bonds is 5. The third kappa shape index (κ3) is 2.45. The van der Waals surface area contributed by atoms with Gasteiger partial charge < -0.3 is 10.1 Å². The summed E-state index contributed by atoms with van der Waals surface area (Å²) in [7, 11) is 0. The Morgan fingerprint density at radius 1 is 1.23 bits per heavy atom. The fraction of sp³-hybridized carbons (Fsp3) is 0.526. The van der Waals surface area contributed by atoms with Crippen molar-refractivity contribution in [2.75, 3.05) is 13.2 Å². The van der Waals surface area contributed by atoms with Crippen LogP contribution in [0.5, 0.6) is 0 Å². The van der Waals surface area contributed by atoms with E-state index in [2.05, 4.69) is 0 Å². The third-order valence-electron chi connectivity index (χ3n) is 5.68. The minimum atomic E-state index is -1.22. The van der Waals surface area contributed by atoms with Gasteiger partial charge in [0.05, 0.1) is 6.61 Å². The van der Waals surface area contributed by atoms with Gasteiger partial charge in [-0.2, -0.15) is 0 Å². The second kappa shape index (κ2) is 6.79. The Morgan fingerprint density at radius 3 is 2.50 bits per heavy atom. The fourth-order valence-electron chi connectivity index (χ4n) is 4.46. The molecule has 0 spiro atoms. The van der Waals surface area contributed by atoms with Crippen LogP contribution in [0.2, 0.25) is 0 Å². The number of carbonyl (C=O) groups excluding carboxylic acids is 3. The van der Waals surface area contributed by atoms with E-state index >= 15 is 0 Å². The van der Waals surface area contributed by atoms with Gasteiger partial charge in [-0.05, 0) is 19.9 Å². The lowest BCUT2D eigenvalue weighted by Crippen LogP contribution is -2.98. The number of ether oxygens (including phenoxy) is 1. The van der Waals surface area contributed by atoms with Crippen molar-refractivity contribution in [3.05, 3.63) is 35.6 Å². The number of likely N-dealkylation sites (tertiary alicyclic amines) is 1. The van der Waals surface area contributed by atoms with Crippen LogP contribution in [0.25, 0.3) is 0 Å². The zero-order chi connectivity index (χ0) is 19.1. The molecule has 0 bridgehead atoms. The van der Waals surface area contributed by atoms with Crippen LogP contribution in [0.1, 0.15) is 38.8 Å². The molecule has 3 rings (SSSR count). The number of quaternary nitrogens is 1. The molecule has 2 amide bonds. The standard InChI is InChI=1S/C19H23FN2O4/c1-4-19(18(25)26-6-3)14-13(16(23)22(5-2)17(14)24)15(21-19)11-9-7-8-10-12(11)20/h7-10,13-15,21H,4-6H2,1-3H3/p+1/t13-,14+,15-,19-/m0/s1. The van der Waals surface area contributed by atoms with Crippen molar-refractivity contribution in [1.82, 2.24) is 4.90 Å². The Kier molecular flexibility index (Phi) is 4.84. The average molecular weight is 363 g/mol. The van der Waals surface area contributed by atoms with Gasteiger partial charge >= 0.3 is 5.97 Å². The first-order valence-electron chi connectivity index (χ1n) is 9.05. The van der Waals surface area contributed by atoms with Crippen LogP contribution >= 0.6 is 0 Å². The second-order valence-electron chi connectivity index (χ2n) is 6.75. The smallest absolute Gasteiger partial charge is 0.368 e. The first-order valence-corrected chi connectivity index (χ1v) is 9.05. The van der Waals surface area contributed by atoms with Crippen LogP contribution in [-0.2, 0) is 19.1 Å². The lowest BCUT2D eigenvalue weighted by Gasteiger charge is -2.28. The molecule has 0 radical (unpaired) electrons. The summed E-state index contributed by atoms with van der Waals surface area (Å²) in [6.45, 7) is 5.62. The summed E-state index contributed by atoms with van der Waals surface area (Å²) in [5, 5.41) is 1.68. The number of carbonyl (C=O) groups is 3. The maximum absolute atomic E-state index is 14.5. The van der Waals surface area contributed by atoms with Gasteiger partial charge in [0.2, 0.25) is 17.4 Å². The number of amides is 2. The molecule has 0 aliphatic carbocycles. The Hall–Kier alpha value is -2.28. The number of hydrogen-bond donors (Lipinski definition) is 1. The van der Waals surface area contributed by atoms with Crippen molar-refractivity contribution >= 4 is 17.8 Å². The minimum absolute atomic E-state index is 0.176. The van der Waals surface area contributed by atoms with E-state index in [0.29, 0.717) is 12.0 Å². The van der Waals surface area contributed by atoms with Crippen molar-refractivity contribution < 1.29 is 28.8 Å². The fourth-order valence-corrected chi connectivity index (χ4v) is 4.46. The summed E-state index contributed by atoms with van der Waals surface area (Å²) < 4.78 is 19.7. The molecule has 0 aromatic heterocycles. The number of fused-ring (bicyclic) bond motifs is 1. The van der Waals surface area contributed by atoms with Crippen molar-refractivity contribution in [2.45, 2.75) is 38.8 Å². The van der Waals surface area contributed by atoms with E-state index in [1.807, 2.05) is 0 Å². The largest absolute Gasteiger partial charge is 0.461 e. The van der Waals surface area contributed by atoms with E-state index in [1.54, 1.807) is 44.3 Å². The molecule has 2 heterocycles. The molecule has 7 heteroatoms. The predicted octanol–water partition coefficient (Wildman–Crippen LogP) is 0.777. The van der Waals surface area contributed by atoms with Gasteiger partial charge in [-0.1, -0.05) is 25.1 Å². The summed E-state index contributed by atoms with van der Waals surface area (Å²) in [6, 6.07) is 5.56. The Balaban J connectivity index is 2.15. The van der Waals surface area contributed by atoms with Gasteiger partial charge in [-0.3, -0.25) is 14.5 Å². The lowest BCUT2D eigenvalue weighted by atomic mass is 9.78. The molecule has 0 unspecified atom stereocenters. The van der Waals surface area contributed by atoms with Crippen LogP contribution < -0.4 is 5.32 Å². The minimum Gasteiger partial charge on any atom is -0.461 e. The quantitative estimate of drug-likeness (QED) is 0.619. The van der Waals surface area contributed by atoms with Gasteiger partial charge in [-0.25, -0.2) is 9.18 Å². The van der Waals surface area contributed by atoms with Crippen LogP contribution in [0.4, 0.5) is 4.39 Å². The summed E-state index contributed by atoms with van der Waals surface area (Å²) in [4.78, 5) is 39.9. The van der Waals surface area contributed by atoms with E-state index in [4.69, 9.17) is 4.74 Å². The van der Waals surface area contributed by atoms with E-state index in [9.17, 15) is 18.8 Å². The predicted molar refractivity (Wildman–Crippen MR) is 90.1 cm³/mol. The highest BCUT2D eigenvalue weighted by Gasteiger charge is 2.71. The lowest BCUT2D eigenvalue weighted by molar-refractivity contribution is -0.734. The summed E-state index contributed by atoms with van der Waals surface area (Å²) >= 11 is 0. The zero-order valence-electron chi connectivity index (χ0n) is 15.2. The number of nitrogens with two attached hydrogens (primary N) is 1. The topological polar surface area (TPSA) is 80.3 Å². The van der Waals surface area contributed by atoms with Gasteiger partial charge in [0.15, 0.2) is 0 Å². The number of esters is 1. The molecule has 2 fully saturated rings. The van der Waals surface area contributed by atoms with Crippen molar-refractivity contribution in [3.63, 3.8) is 0 Å². The Labute approximate surface area is 151 Å². The molecular weight excluding hydrogens is 339 g/mol. The van der Waals surface area contributed by atoms with Crippen molar-refractivity contribution in [2.24, 2.45) is 11.8 Å². The number of halogens is 1.